The number of anilines is 1. The number of nitrogen functional groups attached to an aromatic ring is 1. The first-order chi connectivity index (χ1) is 10.9. The number of carbonyl (C=O) groups excluding carboxylic acids is 1. The van der Waals surface area contributed by atoms with E-state index in [4.69, 9.17) is 15.7 Å². The summed E-state index contributed by atoms with van der Waals surface area (Å²) < 4.78 is 5.69. The fourth-order valence-corrected chi connectivity index (χ4v) is 2.05. The molecule has 0 fully saturated rings. The van der Waals surface area contributed by atoms with Crippen LogP contribution in [0.5, 0.6) is 5.75 Å². The van der Waals surface area contributed by atoms with Crippen LogP contribution in [0.4, 0.5) is 5.69 Å². The molecule has 0 radical (unpaired) electrons. The van der Waals surface area contributed by atoms with Crippen LogP contribution in [0.1, 0.15) is 29.8 Å². The van der Waals surface area contributed by atoms with Gasteiger partial charge in [-0.2, -0.15) is 5.26 Å². The third-order valence-corrected chi connectivity index (χ3v) is 3.25. The second-order valence-corrected chi connectivity index (χ2v) is 5.82. The molecule has 0 heterocycles. The Balaban J connectivity index is 2.04. The Morgan fingerprint density at radius 1 is 1.22 bits per heavy atom. The van der Waals surface area contributed by atoms with Gasteiger partial charge in [0.05, 0.1) is 11.2 Å². The van der Waals surface area contributed by atoms with Gasteiger partial charge in [-0.3, -0.25) is 4.79 Å². The van der Waals surface area contributed by atoms with Gasteiger partial charge >= 0.3 is 0 Å². The van der Waals surface area contributed by atoms with Crippen LogP contribution in [-0.4, -0.2) is 18.1 Å². The van der Waals surface area contributed by atoms with Crippen molar-refractivity contribution in [3.05, 3.63) is 59.7 Å². The maximum Gasteiger partial charge on any atom is 0.251 e. The molecule has 5 nitrogen and oxygen atoms in total. The van der Waals surface area contributed by atoms with Crippen LogP contribution in [-0.2, 0) is 0 Å². The molecule has 23 heavy (non-hydrogen) atoms. The highest BCUT2D eigenvalue weighted by Crippen LogP contribution is 2.24. The molecule has 2 aromatic carbocycles. The second-order valence-electron chi connectivity index (χ2n) is 5.82. The summed E-state index contributed by atoms with van der Waals surface area (Å²) in [6.07, 6.45) is 0. The highest BCUT2D eigenvalue weighted by molar-refractivity contribution is 5.94. The van der Waals surface area contributed by atoms with Crippen LogP contribution in [0, 0.1) is 11.3 Å². The average Bonchev–Trinajstić information content (AvgIpc) is 2.53. The van der Waals surface area contributed by atoms with Gasteiger partial charge < -0.3 is 15.8 Å². The SMILES string of the molecule is CC(C)(COc1cccc(N)c1C#N)NC(=O)c1ccccc1. The van der Waals surface area contributed by atoms with Crippen LogP contribution in [0.15, 0.2) is 48.5 Å². The number of carbonyl (C=O) groups is 1. The number of amides is 1. The minimum absolute atomic E-state index is 0.174. The van der Waals surface area contributed by atoms with Crippen LogP contribution in [0.2, 0.25) is 0 Å². The number of rotatable bonds is 5. The molecule has 5 heteroatoms. The number of nitrogens with one attached hydrogen (secondary N) is 1. The number of ether oxygens (including phenoxy) is 1. The Bertz CT molecular complexity index is 734. The largest absolute Gasteiger partial charge is 0.490 e. The molecule has 0 aromatic heterocycles. The molecule has 0 bridgehead atoms. The first-order valence-corrected chi connectivity index (χ1v) is 7.22. The van der Waals surface area contributed by atoms with Crippen molar-refractivity contribution in [1.82, 2.24) is 5.32 Å². The van der Waals surface area contributed by atoms with E-state index < -0.39 is 5.54 Å². The summed E-state index contributed by atoms with van der Waals surface area (Å²) in [5, 5.41) is 12.1. The lowest BCUT2D eigenvalue weighted by molar-refractivity contribution is 0.0881. The Morgan fingerprint density at radius 3 is 2.57 bits per heavy atom. The highest BCUT2D eigenvalue weighted by Gasteiger charge is 2.23. The molecule has 2 rings (SSSR count). The lowest BCUT2D eigenvalue weighted by Crippen LogP contribution is -2.47. The Morgan fingerprint density at radius 2 is 1.91 bits per heavy atom. The molecular weight excluding hydrogens is 290 g/mol. The van der Waals surface area contributed by atoms with Crippen molar-refractivity contribution < 1.29 is 9.53 Å². The maximum atomic E-state index is 12.2. The van der Waals surface area contributed by atoms with Crippen LogP contribution < -0.4 is 15.8 Å². The van der Waals surface area contributed by atoms with Gasteiger partial charge in [0.2, 0.25) is 0 Å². The van der Waals surface area contributed by atoms with Crippen LogP contribution in [0.25, 0.3) is 0 Å². The third kappa shape index (κ3) is 4.24. The van der Waals surface area contributed by atoms with Crippen molar-refractivity contribution in [3.63, 3.8) is 0 Å². The van der Waals surface area contributed by atoms with Gasteiger partial charge in [0, 0.05) is 5.56 Å². The number of benzene rings is 2. The molecular formula is C18H19N3O2. The zero-order valence-electron chi connectivity index (χ0n) is 13.2. The normalized spacial score (nSPS) is 10.7. The van der Waals surface area contributed by atoms with Crippen LogP contribution in [0.3, 0.4) is 0 Å². The molecule has 118 valence electrons. The Labute approximate surface area is 135 Å². The molecule has 1 amide bonds. The van der Waals surface area contributed by atoms with E-state index in [0.717, 1.165) is 0 Å². The second kappa shape index (κ2) is 6.84. The van der Waals surface area contributed by atoms with Gasteiger partial charge in [0.1, 0.15) is 24.0 Å². The third-order valence-electron chi connectivity index (χ3n) is 3.25. The van der Waals surface area contributed by atoms with E-state index in [1.54, 1.807) is 30.3 Å². The lowest BCUT2D eigenvalue weighted by atomic mass is 10.1. The Hall–Kier alpha value is -3.00. The minimum atomic E-state index is -0.607. The molecule has 0 atom stereocenters. The maximum absolute atomic E-state index is 12.2. The zero-order chi connectivity index (χ0) is 16.9. The summed E-state index contributed by atoms with van der Waals surface area (Å²) in [6, 6.07) is 16.1. The standard InChI is InChI=1S/C18H19N3O2/c1-18(2,21-17(22)13-7-4-3-5-8-13)12-23-16-10-6-9-15(20)14(16)11-19/h3-10H,12,20H2,1-2H3,(H,21,22). The molecule has 0 aliphatic heterocycles. The van der Waals surface area contributed by atoms with Crippen LogP contribution >= 0.6 is 0 Å². The summed E-state index contributed by atoms with van der Waals surface area (Å²) in [5.74, 6) is 0.238. The van der Waals surface area contributed by atoms with Gasteiger partial charge in [0.15, 0.2) is 0 Å². The Kier molecular flexibility index (Phi) is 4.87. The van der Waals surface area contributed by atoms with E-state index in [2.05, 4.69) is 5.32 Å². The van der Waals surface area contributed by atoms with Gasteiger partial charge in [-0.15, -0.1) is 0 Å². The van der Waals surface area contributed by atoms with Crippen molar-refractivity contribution in [2.24, 2.45) is 0 Å². The summed E-state index contributed by atoms with van der Waals surface area (Å²) >= 11 is 0. The summed E-state index contributed by atoms with van der Waals surface area (Å²) in [5.41, 5.74) is 6.41. The highest BCUT2D eigenvalue weighted by atomic mass is 16.5. The lowest BCUT2D eigenvalue weighted by Gasteiger charge is -2.26. The first-order valence-electron chi connectivity index (χ1n) is 7.22. The van der Waals surface area contributed by atoms with E-state index in [9.17, 15) is 4.79 Å². The molecule has 2 aromatic rings. The van der Waals surface area contributed by atoms with Gasteiger partial charge in [-0.1, -0.05) is 24.3 Å². The molecule has 0 aliphatic carbocycles. The molecule has 0 spiro atoms. The molecule has 0 aliphatic rings. The zero-order valence-corrected chi connectivity index (χ0v) is 13.2. The molecule has 0 saturated heterocycles. The van der Waals surface area contributed by atoms with E-state index >= 15 is 0 Å². The molecule has 0 saturated carbocycles. The number of hydrogen-bond donors (Lipinski definition) is 2. The van der Waals surface area contributed by atoms with Crippen molar-refractivity contribution in [2.45, 2.75) is 19.4 Å². The summed E-state index contributed by atoms with van der Waals surface area (Å²) in [6.45, 7) is 3.92. The quantitative estimate of drug-likeness (QED) is 0.831. The van der Waals surface area contributed by atoms with E-state index in [-0.39, 0.29) is 12.5 Å². The van der Waals surface area contributed by atoms with Gasteiger partial charge in [-0.05, 0) is 38.1 Å². The van der Waals surface area contributed by atoms with Crippen molar-refractivity contribution >= 4 is 11.6 Å². The van der Waals surface area contributed by atoms with E-state index in [0.29, 0.717) is 22.6 Å². The summed E-state index contributed by atoms with van der Waals surface area (Å²) in [7, 11) is 0. The average molecular weight is 309 g/mol. The van der Waals surface area contributed by atoms with Crippen molar-refractivity contribution in [1.29, 1.82) is 5.26 Å². The van der Waals surface area contributed by atoms with Gasteiger partial charge in [-0.25, -0.2) is 0 Å². The molecule has 0 unspecified atom stereocenters. The summed E-state index contributed by atoms with van der Waals surface area (Å²) in [4.78, 5) is 12.2. The monoisotopic (exact) mass is 309 g/mol. The van der Waals surface area contributed by atoms with Crippen molar-refractivity contribution in [2.75, 3.05) is 12.3 Å². The number of hydrogen-bond acceptors (Lipinski definition) is 4. The molecule has 3 N–H and O–H groups in total. The van der Waals surface area contributed by atoms with Crippen molar-refractivity contribution in [3.8, 4) is 11.8 Å². The minimum Gasteiger partial charge on any atom is -0.490 e. The first kappa shape index (κ1) is 16.4. The van der Waals surface area contributed by atoms with Gasteiger partial charge in [0.25, 0.3) is 5.91 Å². The van der Waals surface area contributed by atoms with E-state index in [1.807, 2.05) is 38.1 Å². The number of nitrogens with two attached hydrogens (primary N) is 1. The fourth-order valence-electron chi connectivity index (χ4n) is 2.05. The topological polar surface area (TPSA) is 88.1 Å². The smallest absolute Gasteiger partial charge is 0.251 e. The predicted molar refractivity (Wildman–Crippen MR) is 89.1 cm³/mol. The number of nitrogens with zero attached hydrogens (tertiary/aromatic N) is 1. The predicted octanol–water partition coefficient (Wildman–Crippen LogP) is 2.73. The number of nitriles is 1. The fraction of sp³-hybridized carbons (Fsp3) is 0.222. The van der Waals surface area contributed by atoms with E-state index in [1.165, 1.54) is 0 Å².